The van der Waals surface area contributed by atoms with E-state index in [0.29, 0.717) is 5.56 Å². The smallest absolute Gasteiger partial charge is 0.248 e. The van der Waals surface area contributed by atoms with E-state index in [9.17, 15) is 13.2 Å². The van der Waals surface area contributed by atoms with Crippen molar-refractivity contribution in [2.45, 2.75) is 35.7 Å². The van der Waals surface area contributed by atoms with Crippen LogP contribution in [0.3, 0.4) is 0 Å². The lowest BCUT2D eigenvalue weighted by atomic mass is 9.92. The van der Waals surface area contributed by atoms with E-state index < -0.39 is 32.7 Å². The first-order valence-electron chi connectivity index (χ1n) is 8.58. The molecule has 1 saturated heterocycles. The maximum atomic E-state index is 13.4. The van der Waals surface area contributed by atoms with E-state index in [-0.39, 0.29) is 17.1 Å². The van der Waals surface area contributed by atoms with Gasteiger partial charge in [0.05, 0.1) is 18.9 Å². The molecule has 25 heavy (non-hydrogen) atoms. The number of hydrogen-bond acceptors (Lipinski definition) is 4. The van der Waals surface area contributed by atoms with E-state index in [1.54, 1.807) is 56.3 Å². The van der Waals surface area contributed by atoms with Crippen LogP contribution in [0.25, 0.3) is 0 Å². The van der Waals surface area contributed by atoms with E-state index in [1.807, 2.05) is 0 Å². The molecule has 2 aromatic carbocycles. The van der Waals surface area contributed by atoms with Crippen LogP contribution >= 0.6 is 0 Å². The van der Waals surface area contributed by atoms with Gasteiger partial charge in [-0.1, -0.05) is 42.5 Å². The van der Waals surface area contributed by atoms with Crippen molar-refractivity contribution in [3.8, 4) is 0 Å². The molecule has 0 aliphatic carbocycles. The average Bonchev–Trinajstić information content (AvgIpc) is 2.95. The third-order valence-corrected chi connectivity index (χ3v) is 6.61. The van der Waals surface area contributed by atoms with Gasteiger partial charge in [0.15, 0.2) is 15.1 Å². The SMILES string of the molecule is [2H]C1(S(=O)(=O)c2ccccc2)C(=O)N2C(COC2(C)C)c2ccccc21. The van der Waals surface area contributed by atoms with Gasteiger partial charge in [0.2, 0.25) is 5.91 Å². The van der Waals surface area contributed by atoms with Crippen molar-refractivity contribution in [2.24, 2.45) is 0 Å². The normalized spacial score (nSPS) is 28.2. The molecule has 130 valence electrons. The van der Waals surface area contributed by atoms with E-state index in [0.717, 1.165) is 0 Å². The zero-order valence-electron chi connectivity index (χ0n) is 15.0. The van der Waals surface area contributed by atoms with Crippen LogP contribution in [0, 0.1) is 0 Å². The predicted molar refractivity (Wildman–Crippen MR) is 92.4 cm³/mol. The summed E-state index contributed by atoms with van der Waals surface area (Å²) in [6.45, 7) is 3.71. The van der Waals surface area contributed by atoms with Crippen molar-refractivity contribution in [2.75, 3.05) is 6.61 Å². The van der Waals surface area contributed by atoms with Crippen molar-refractivity contribution >= 4 is 15.7 Å². The van der Waals surface area contributed by atoms with Crippen molar-refractivity contribution in [3.05, 3.63) is 65.7 Å². The molecule has 1 fully saturated rings. The van der Waals surface area contributed by atoms with E-state index in [2.05, 4.69) is 0 Å². The van der Waals surface area contributed by atoms with Crippen LogP contribution in [0.4, 0.5) is 0 Å². The summed E-state index contributed by atoms with van der Waals surface area (Å²) in [5, 5.41) is -2.45. The van der Waals surface area contributed by atoms with Crippen molar-refractivity contribution in [3.63, 3.8) is 0 Å². The van der Waals surface area contributed by atoms with Crippen LogP contribution in [0.5, 0.6) is 0 Å². The highest BCUT2D eigenvalue weighted by Gasteiger charge is 2.54. The Bertz CT molecular complexity index is 990. The second-order valence-electron chi connectivity index (χ2n) is 6.68. The third kappa shape index (κ3) is 2.32. The van der Waals surface area contributed by atoms with Crippen LogP contribution in [-0.4, -0.2) is 31.6 Å². The molecule has 0 saturated carbocycles. The number of benzene rings is 2. The van der Waals surface area contributed by atoms with Gasteiger partial charge < -0.3 is 9.64 Å². The molecule has 0 spiro atoms. The molecule has 2 aliphatic heterocycles. The maximum Gasteiger partial charge on any atom is 0.248 e. The quantitative estimate of drug-likeness (QED) is 0.828. The number of ether oxygens (including phenoxy) is 1. The largest absolute Gasteiger partial charge is 0.354 e. The van der Waals surface area contributed by atoms with Gasteiger partial charge in [-0.25, -0.2) is 8.42 Å². The van der Waals surface area contributed by atoms with E-state index in [4.69, 9.17) is 6.11 Å². The summed E-state index contributed by atoms with van der Waals surface area (Å²) < 4.78 is 41.5. The Morgan fingerprint density at radius 2 is 1.68 bits per heavy atom. The average molecular weight is 358 g/mol. The molecule has 4 rings (SSSR count). The Labute approximate surface area is 148 Å². The standard InChI is InChI=1S/C19H19NO4S/c1-19(2)20-16(12-24-19)14-10-6-7-11-15(14)17(18(20)21)25(22,23)13-8-4-3-5-9-13/h3-11,16-17H,12H2,1-2H3/i17D. The number of rotatable bonds is 2. The molecule has 5 nitrogen and oxygen atoms in total. The third-order valence-electron chi connectivity index (χ3n) is 4.79. The van der Waals surface area contributed by atoms with Crippen molar-refractivity contribution in [1.29, 1.82) is 0 Å². The summed E-state index contributed by atoms with van der Waals surface area (Å²) >= 11 is 0. The van der Waals surface area contributed by atoms with Gasteiger partial charge in [0, 0.05) is 0 Å². The number of nitrogens with zero attached hydrogens (tertiary/aromatic N) is 1. The minimum Gasteiger partial charge on any atom is -0.354 e. The second kappa shape index (κ2) is 5.41. The minimum atomic E-state index is -4.29. The Kier molecular flexibility index (Phi) is 3.27. The number of hydrogen-bond donors (Lipinski definition) is 0. The van der Waals surface area contributed by atoms with Crippen LogP contribution in [0.1, 0.15) is 37.6 Å². The Morgan fingerprint density at radius 1 is 1.08 bits per heavy atom. The highest BCUT2D eigenvalue weighted by molar-refractivity contribution is 7.92. The summed E-state index contributed by atoms with van der Waals surface area (Å²) in [5.74, 6) is -0.771. The predicted octanol–water partition coefficient (Wildman–Crippen LogP) is 2.85. The Balaban J connectivity index is 2.02. The minimum absolute atomic E-state index is 0.0467. The van der Waals surface area contributed by atoms with Gasteiger partial charge >= 0.3 is 0 Å². The molecule has 0 aromatic heterocycles. The van der Waals surface area contributed by atoms with Gasteiger partial charge in [0.1, 0.15) is 5.72 Å². The monoisotopic (exact) mass is 358 g/mol. The number of carbonyl (C=O) groups is 1. The summed E-state index contributed by atoms with van der Waals surface area (Å²) in [5.41, 5.74) is -0.128. The molecule has 0 N–H and O–H groups in total. The van der Waals surface area contributed by atoms with Gasteiger partial charge in [-0.2, -0.15) is 0 Å². The molecule has 0 radical (unpaired) electrons. The summed E-state index contributed by atoms with van der Waals surface area (Å²) in [7, 11) is -4.29. The topological polar surface area (TPSA) is 63.7 Å². The number of fused-ring (bicyclic) bond motifs is 3. The zero-order chi connectivity index (χ0) is 18.7. The highest BCUT2D eigenvalue weighted by Crippen LogP contribution is 2.48. The summed E-state index contributed by atoms with van der Waals surface area (Å²) in [4.78, 5) is 14.8. The maximum absolute atomic E-state index is 13.4. The summed E-state index contributed by atoms with van der Waals surface area (Å²) in [6, 6.07) is 14.1. The number of carbonyl (C=O) groups excluding carboxylic acids is 1. The first-order valence-corrected chi connectivity index (χ1v) is 9.56. The van der Waals surface area contributed by atoms with Gasteiger partial charge in [-0.15, -0.1) is 0 Å². The molecule has 6 heteroatoms. The zero-order valence-corrected chi connectivity index (χ0v) is 14.8. The molecular formula is C19H19NO4S. The highest BCUT2D eigenvalue weighted by atomic mass is 32.2. The van der Waals surface area contributed by atoms with E-state index in [1.165, 1.54) is 17.0 Å². The first-order chi connectivity index (χ1) is 12.2. The van der Waals surface area contributed by atoms with E-state index >= 15 is 0 Å². The fourth-order valence-corrected chi connectivity index (χ4v) is 5.17. The van der Waals surface area contributed by atoms with Gasteiger partial charge in [-0.05, 0) is 37.1 Å². The molecular weight excluding hydrogens is 338 g/mol. The second-order valence-corrected chi connectivity index (χ2v) is 8.57. The molecule has 1 amide bonds. The summed E-state index contributed by atoms with van der Waals surface area (Å²) in [6.07, 6.45) is 0. The number of amides is 1. The van der Waals surface area contributed by atoms with Crippen LogP contribution in [0.15, 0.2) is 59.5 Å². The van der Waals surface area contributed by atoms with Crippen LogP contribution < -0.4 is 0 Å². The fraction of sp³-hybridized carbons (Fsp3) is 0.316. The molecule has 2 unspecified atom stereocenters. The molecule has 0 bridgehead atoms. The Morgan fingerprint density at radius 3 is 2.36 bits per heavy atom. The Hall–Kier alpha value is -2.18. The molecule has 2 aromatic rings. The lowest BCUT2D eigenvalue weighted by Gasteiger charge is -2.40. The van der Waals surface area contributed by atoms with Crippen LogP contribution in [-0.2, 0) is 19.4 Å². The van der Waals surface area contributed by atoms with Crippen molar-refractivity contribution in [1.82, 2.24) is 4.90 Å². The lowest BCUT2D eigenvalue weighted by molar-refractivity contribution is -0.146. The van der Waals surface area contributed by atoms with Gasteiger partial charge in [-0.3, -0.25) is 4.79 Å². The fourth-order valence-electron chi connectivity index (χ4n) is 3.61. The first kappa shape index (κ1) is 15.1. The number of sulfone groups is 1. The lowest BCUT2D eigenvalue weighted by Crippen LogP contribution is -2.51. The van der Waals surface area contributed by atoms with Crippen LogP contribution in [0.2, 0.25) is 0 Å². The molecule has 2 atom stereocenters. The van der Waals surface area contributed by atoms with Gasteiger partial charge in [0.25, 0.3) is 0 Å². The molecule has 2 aliphatic rings. The molecule has 2 heterocycles. The van der Waals surface area contributed by atoms with Crippen molar-refractivity contribution < 1.29 is 19.3 Å².